The maximum atomic E-state index is 12.6. The van der Waals surface area contributed by atoms with E-state index in [1.807, 2.05) is 29.1 Å². The van der Waals surface area contributed by atoms with Crippen LogP contribution in [0.4, 0.5) is 0 Å². The van der Waals surface area contributed by atoms with E-state index in [2.05, 4.69) is 5.32 Å². The highest BCUT2D eigenvalue weighted by Gasteiger charge is 2.16. The Morgan fingerprint density at radius 1 is 1.17 bits per heavy atom. The highest BCUT2D eigenvalue weighted by molar-refractivity contribution is 7.89. The smallest absolute Gasteiger partial charge is 0.255 e. The Bertz CT molecular complexity index is 1110. The molecular formula is C20H20ClN3O4S. The summed E-state index contributed by atoms with van der Waals surface area (Å²) < 4.78 is 29.8. The van der Waals surface area contributed by atoms with Crippen LogP contribution in [-0.4, -0.2) is 32.5 Å². The molecule has 0 saturated carbocycles. The van der Waals surface area contributed by atoms with Crippen LogP contribution in [0.1, 0.15) is 15.9 Å². The summed E-state index contributed by atoms with van der Waals surface area (Å²) in [6.45, 7) is 0.355. The minimum absolute atomic E-state index is 0.0486. The Hall–Kier alpha value is -2.81. The first-order chi connectivity index (χ1) is 13.8. The van der Waals surface area contributed by atoms with E-state index in [0.717, 1.165) is 5.56 Å². The number of carbonyl (C=O) groups is 1. The van der Waals surface area contributed by atoms with E-state index in [0.29, 0.717) is 35.0 Å². The van der Waals surface area contributed by atoms with Crippen molar-refractivity contribution < 1.29 is 17.9 Å². The van der Waals surface area contributed by atoms with Gasteiger partial charge in [0.2, 0.25) is 10.0 Å². The zero-order chi connectivity index (χ0) is 21.0. The lowest BCUT2D eigenvalue weighted by molar-refractivity contribution is 0.0951. The number of ether oxygens (including phenoxy) is 1. The number of sulfonamides is 1. The lowest BCUT2D eigenvalue weighted by Crippen LogP contribution is -2.26. The molecule has 29 heavy (non-hydrogen) atoms. The molecule has 0 radical (unpaired) electrons. The van der Waals surface area contributed by atoms with Gasteiger partial charge in [-0.15, -0.1) is 0 Å². The second-order valence-corrected chi connectivity index (χ2v) is 8.26. The van der Waals surface area contributed by atoms with Gasteiger partial charge in [-0.3, -0.25) is 4.79 Å². The Morgan fingerprint density at radius 3 is 2.41 bits per heavy atom. The maximum Gasteiger partial charge on any atom is 0.255 e. The predicted octanol–water partition coefficient (Wildman–Crippen LogP) is 2.76. The molecule has 2 aromatic carbocycles. The van der Waals surface area contributed by atoms with E-state index in [-0.39, 0.29) is 10.8 Å². The highest BCUT2D eigenvalue weighted by Crippen LogP contribution is 2.30. The number of benzene rings is 2. The standard InChI is InChI=1S/C20H20ClN3O4S/c1-28-19-13-18(24-10-2-3-11-24)17(21)12-16(19)20(25)23-9-8-14-4-6-15(7-5-14)29(22,26)27/h2-7,10-13H,8-9H2,1H3,(H,23,25)(H2,22,26,27). The van der Waals surface area contributed by atoms with Crippen molar-refractivity contribution in [3.05, 3.63) is 77.1 Å². The number of primary sulfonamides is 1. The third-order valence-corrected chi connectivity index (χ3v) is 5.58. The van der Waals surface area contributed by atoms with E-state index in [9.17, 15) is 13.2 Å². The van der Waals surface area contributed by atoms with Crippen molar-refractivity contribution in [1.82, 2.24) is 9.88 Å². The molecule has 0 aliphatic carbocycles. The van der Waals surface area contributed by atoms with Crippen molar-refractivity contribution in [1.29, 1.82) is 0 Å². The van der Waals surface area contributed by atoms with Crippen LogP contribution < -0.4 is 15.2 Å². The van der Waals surface area contributed by atoms with Gasteiger partial charge in [-0.2, -0.15) is 0 Å². The van der Waals surface area contributed by atoms with Gasteiger partial charge < -0.3 is 14.6 Å². The Labute approximate surface area is 174 Å². The fourth-order valence-electron chi connectivity index (χ4n) is 2.84. The monoisotopic (exact) mass is 433 g/mol. The lowest BCUT2D eigenvalue weighted by Gasteiger charge is -2.13. The van der Waals surface area contributed by atoms with E-state index >= 15 is 0 Å². The lowest BCUT2D eigenvalue weighted by atomic mass is 10.1. The molecule has 0 fully saturated rings. The zero-order valence-corrected chi connectivity index (χ0v) is 17.2. The largest absolute Gasteiger partial charge is 0.496 e. The first-order valence-electron chi connectivity index (χ1n) is 8.70. The number of halogens is 1. The molecule has 3 N–H and O–H groups in total. The normalized spacial score (nSPS) is 11.3. The minimum atomic E-state index is -3.72. The molecule has 0 atom stereocenters. The van der Waals surface area contributed by atoms with Gasteiger partial charge in [0.15, 0.2) is 0 Å². The van der Waals surface area contributed by atoms with Crippen LogP contribution in [0, 0.1) is 0 Å². The minimum Gasteiger partial charge on any atom is -0.496 e. The number of nitrogens with two attached hydrogens (primary N) is 1. The SMILES string of the molecule is COc1cc(-n2cccc2)c(Cl)cc1C(=O)NCCc1ccc(S(N)(=O)=O)cc1. The van der Waals surface area contributed by atoms with E-state index in [1.165, 1.54) is 19.2 Å². The Balaban J connectivity index is 1.68. The molecule has 0 aliphatic heterocycles. The average molecular weight is 434 g/mol. The first-order valence-corrected chi connectivity index (χ1v) is 10.6. The number of hydrogen-bond acceptors (Lipinski definition) is 4. The van der Waals surface area contributed by atoms with Gasteiger partial charge in [0.1, 0.15) is 5.75 Å². The van der Waals surface area contributed by atoms with Crippen LogP contribution in [-0.2, 0) is 16.4 Å². The Morgan fingerprint density at radius 2 is 1.83 bits per heavy atom. The number of methoxy groups -OCH3 is 1. The molecule has 0 bridgehead atoms. The van der Waals surface area contributed by atoms with Gasteiger partial charge in [0.25, 0.3) is 5.91 Å². The van der Waals surface area contributed by atoms with Crippen molar-refractivity contribution in [2.45, 2.75) is 11.3 Å². The van der Waals surface area contributed by atoms with E-state index < -0.39 is 10.0 Å². The molecule has 0 saturated heterocycles. The van der Waals surface area contributed by atoms with Gasteiger partial charge in [0.05, 0.1) is 28.3 Å². The van der Waals surface area contributed by atoms with Gasteiger partial charge in [-0.1, -0.05) is 23.7 Å². The molecule has 152 valence electrons. The number of rotatable bonds is 7. The Kier molecular flexibility index (Phi) is 6.26. The summed E-state index contributed by atoms with van der Waals surface area (Å²) in [7, 11) is -2.23. The molecule has 0 aliphatic rings. The van der Waals surface area contributed by atoms with Crippen LogP contribution in [0.5, 0.6) is 5.75 Å². The molecular weight excluding hydrogens is 414 g/mol. The van der Waals surface area contributed by atoms with Crippen molar-refractivity contribution in [2.75, 3.05) is 13.7 Å². The summed E-state index contributed by atoms with van der Waals surface area (Å²) in [4.78, 5) is 12.6. The maximum absolute atomic E-state index is 12.6. The summed E-state index contributed by atoms with van der Waals surface area (Å²) in [6, 6.07) is 13.2. The van der Waals surface area contributed by atoms with Gasteiger partial charge in [-0.05, 0) is 42.3 Å². The number of nitrogens with zero attached hydrogens (tertiary/aromatic N) is 1. The van der Waals surface area contributed by atoms with Crippen molar-refractivity contribution in [3.8, 4) is 11.4 Å². The molecule has 3 rings (SSSR count). The van der Waals surface area contributed by atoms with Gasteiger partial charge in [-0.25, -0.2) is 13.6 Å². The third kappa shape index (κ3) is 4.97. The van der Waals surface area contributed by atoms with Crippen molar-refractivity contribution in [3.63, 3.8) is 0 Å². The summed E-state index contributed by atoms with van der Waals surface area (Å²) in [5.74, 6) is 0.0945. The average Bonchev–Trinajstić information content (AvgIpc) is 3.22. The molecule has 0 spiro atoms. The first kappa shape index (κ1) is 20.9. The van der Waals surface area contributed by atoms with Crippen LogP contribution in [0.2, 0.25) is 5.02 Å². The fraction of sp³-hybridized carbons (Fsp3) is 0.150. The van der Waals surface area contributed by atoms with Gasteiger partial charge >= 0.3 is 0 Å². The van der Waals surface area contributed by atoms with Crippen LogP contribution >= 0.6 is 11.6 Å². The summed E-state index contributed by atoms with van der Waals surface area (Å²) >= 11 is 6.36. The molecule has 9 heteroatoms. The second-order valence-electron chi connectivity index (χ2n) is 6.29. The van der Waals surface area contributed by atoms with E-state index in [4.69, 9.17) is 21.5 Å². The topological polar surface area (TPSA) is 103 Å². The molecule has 1 heterocycles. The zero-order valence-electron chi connectivity index (χ0n) is 15.6. The molecule has 3 aromatic rings. The predicted molar refractivity (Wildman–Crippen MR) is 111 cm³/mol. The fourth-order valence-corrected chi connectivity index (χ4v) is 3.62. The number of hydrogen-bond donors (Lipinski definition) is 2. The van der Waals surface area contributed by atoms with Crippen LogP contribution in [0.3, 0.4) is 0 Å². The van der Waals surface area contributed by atoms with Crippen molar-refractivity contribution >= 4 is 27.5 Å². The molecule has 7 nitrogen and oxygen atoms in total. The quantitative estimate of drug-likeness (QED) is 0.597. The molecule has 0 unspecified atom stereocenters. The van der Waals surface area contributed by atoms with Crippen LogP contribution in [0.15, 0.2) is 65.8 Å². The number of nitrogens with one attached hydrogen (secondary N) is 1. The second kappa shape index (κ2) is 8.69. The summed E-state index contributed by atoms with van der Waals surface area (Å²) in [6.07, 6.45) is 4.22. The van der Waals surface area contributed by atoms with Crippen LogP contribution in [0.25, 0.3) is 5.69 Å². The van der Waals surface area contributed by atoms with Crippen molar-refractivity contribution in [2.24, 2.45) is 5.14 Å². The number of aromatic nitrogens is 1. The number of carbonyl (C=O) groups excluding carboxylic acids is 1. The highest BCUT2D eigenvalue weighted by atomic mass is 35.5. The summed E-state index contributed by atoms with van der Waals surface area (Å²) in [5.41, 5.74) is 1.91. The number of amides is 1. The summed E-state index contributed by atoms with van der Waals surface area (Å²) in [5, 5.41) is 8.33. The third-order valence-electron chi connectivity index (χ3n) is 4.35. The molecule has 1 amide bonds. The van der Waals surface area contributed by atoms with Gasteiger partial charge in [0, 0.05) is 25.0 Å². The van der Waals surface area contributed by atoms with E-state index in [1.54, 1.807) is 24.3 Å². The molecule has 1 aromatic heterocycles.